The predicted molar refractivity (Wildman–Crippen MR) is 127 cm³/mol. The minimum Gasteiger partial charge on any atom is -0.511 e. The smallest absolute Gasteiger partial charge is 0.172 e. The summed E-state index contributed by atoms with van der Waals surface area (Å²) in [4.78, 5) is 25.8. The lowest BCUT2D eigenvalue weighted by Gasteiger charge is -2.46. The average Bonchev–Trinajstić information content (AvgIpc) is 2.85. The zero-order chi connectivity index (χ0) is 24.6. The molecule has 0 radical (unpaired) electrons. The first-order valence-electron chi connectivity index (χ1n) is 12.1. The van der Waals surface area contributed by atoms with E-state index in [1.807, 2.05) is 13.8 Å². The Morgan fingerprint density at radius 2 is 1.84 bits per heavy atom. The summed E-state index contributed by atoms with van der Waals surface area (Å²) in [7, 11) is 0. The average molecular weight is 449 g/mol. The van der Waals surface area contributed by atoms with Gasteiger partial charge in [0.2, 0.25) is 0 Å². The van der Waals surface area contributed by atoms with Gasteiger partial charge in [-0.3, -0.25) is 9.59 Å². The van der Waals surface area contributed by atoms with Crippen LogP contribution in [-0.4, -0.2) is 38.6 Å². The zero-order valence-corrected chi connectivity index (χ0v) is 21.3. The number of aliphatic hydroxyl groups is 3. The molecular weight excluding hydrogens is 404 g/mol. The molecule has 5 heteroatoms. The fourth-order valence-electron chi connectivity index (χ4n) is 6.52. The van der Waals surface area contributed by atoms with Gasteiger partial charge in [-0.15, -0.1) is 0 Å². The third kappa shape index (κ3) is 4.89. The van der Waals surface area contributed by atoms with Crippen LogP contribution in [0.2, 0.25) is 0 Å². The fraction of sp³-hybridized carbons (Fsp3) is 0.778. The molecule has 1 unspecified atom stereocenters. The minimum atomic E-state index is -1.10. The van der Waals surface area contributed by atoms with E-state index in [4.69, 9.17) is 0 Å². The van der Waals surface area contributed by atoms with Crippen LogP contribution in [0.4, 0.5) is 0 Å². The van der Waals surface area contributed by atoms with Gasteiger partial charge in [0.15, 0.2) is 11.6 Å². The molecule has 2 rings (SSSR count). The van der Waals surface area contributed by atoms with Crippen molar-refractivity contribution in [2.45, 2.75) is 106 Å². The van der Waals surface area contributed by atoms with Crippen molar-refractivity contribution in [3.05, 3.63) is 23.0 Å². The van der Waals surface area contributed by atoms with E-state index in [1.165, 1.54) is 5.57 Å². The number of rotatable bonds is 8. The summed E-state index contributed by atoms with van der Waals surface area (Å²) in [5.74, 6) is -1.39. The van der Waals surface area contributed by atoms with E-state index >= 15 is 0 Å². The maximum absolute atomic E-state index is 13.0. The van der Waals surface area contributed by atoms with Gasteiger partial charge in [0.1, 0.15) is 5.76 Å². The Morgan fingerprint density at radius 3 is 2.34 bits per heavy atom. The Morgan fingerprint density at radius 1 is 1.25 bits per heavy atom. The summed E-state index contributed by atoms with van der Waals surface area (Å²) in [6.45, 7) is 15.6. The van der Waals surface area contributed by atoms with Gasteiger partial charge in [-0.05, 0) is 76.5 Å². The first kappa shape index (κ1) is 26.8. The molecule has 0 saturated heterocycles. The van der Waals surface area contributed by atoms with Crippen molar-refractivity contribution in [1.82, 2.24) is 0 Å². The molecule has 0 aromatic heterocycles. The third-order valence-electron chi connectivity index (χ3n) is 7.86. The lowest BCUT2D eigenvalue weighted by atomic mass is 9.60. The first-order valence-corrected chi connectivity index (χ1v) is 12.1. The van der Waals surface area contributed by atoms with Crippen LogP contribution >= 0.6 is 0 Å². The van der Waals surface area contributed by atoms with Crippen LogP contribution in [0.15, 0.2) is 23.0 Å². The van der Waals surface area contributed by atoms with Gasteiger partial charge in [0.05, 0.1) is 22.7 Å². The van der Waals surface area contributed by atoms with Gasteiger partial charge >= 0.3 is 0 Å². The molecule has 2 aliphatic rings. The molecule has 182 valence electrons. The second-order valence-electron chi connectivity index (χ2n) is 11.9. The van der Waals surface area contributed by atoms with Crippen molar-refractivity contribution in [2.24, 2.45) is 28.6 Å². The van der Waals surface area contributed by atoms with Crippen molar-refractivity contribution >= 4 is 11.6 Å². The lowest BCUT2D eigenvalue weighted by molar-refractivity contribution is -0.129. The van der Waals surface area contributed by atoms with E-state index in [-0.39, 0.29) is 47.7 Å². The number of allylic oxidation sites excluding steroid dienone is 3. The molecule has 3 N–H and O–H groups in total. The van der Waals surface area contributed by atoms with Gasteiger partial charge in [-0.1, -0.05) is 39.3 Å². The number of unbranched alkanes of at least 4 members (excludes halogenated alkanes) is 1. The highest BCUT2D eigenvalue weighted by Crippen LogP contribution is 2.67. The van der Waals surface area contributed by atoms with Gasteiger partial charge in [-0.2, -0.15) is 0 Å². The summed E-state index contributed by atoms with van der Waals surface area (Å²) in [6, 6.07) is 0. The van der Waals surface area contributed by atoms with Crippen LogP contribution in [0, 0.1) is 28.6 Å². The molecule has 0 aromatic carbocycles. The summed E-state index contributed by atoms with van der Waals surface area (Å²) in [5.41, 5.74) is -1.42. The number of ketones is 2. The molecule has 2 aliphatic carbocycles. The van der Waals surface area contributed by atoms with E-state index < -0.39 is 28.3 Å². The minimum absolute atomic E-state index is 0.0578. The number of Topliss-reactive ketones (excluding diaryl/α,β-unsaturated/α-hetero) is 2. The molecule has 1 fully saturated rings. The molecule has 0 aromatic rings. The van der Waals surface area contributed by atoms with E-state index in [2.05, 4.69) is 33.8 Å². The summed E-state index contributed by atoms with van der Waals surface area (Å²) >= 11 is 0. The van der Waals surface area contributed by atoms with Gasteiger partial charge < -0.3 is 15.3 Å². The molecule has 5 nitrogen and oxygen atoms in total. The summed E-state index contributed by atoms with van der Waals surface area (Å²) in [5, 5.41) is 33.9. The Bertz CT molecular complexity index is 791. The molecule has 0 heterocycles. The number of carbonyl (C=O) groups excluding carboxylic acids is 2. The molecule has 0 aliphatic heterocycles. The van der Waals surface area contributed by atoms with Crippen LogP contribution in [0.3, 0.4) is 0 Å². The summed E-state index contributed by atoms with van der Waals surface area (Å²) in [6.07, 6.45) is 3.93. The highest BCUT2D eigenvalue weighted by molar-refractivity contribution is 6.21. The van der Waals surface area contributed by atoms with Gasteiger partial charge in [0.25, 0.3) is 0 Å². The van der Waals surface area contributed by atoms with Gasteiger partial charge in [-0.25, -0.2) is 0 Å². The van der Waals surface area contributed by atoms with Crippen molar-refractivity contribution in [3.63, 3.8) is 0 Å². The van der Waals surface area contributed by atoms with Gasteiger partial charge in [0, 0.05) is 12.8 Å². The van der Waals surface area contributed by atoms with E-state index in [1.54, 1.807) is 13.8 Å². The SMILES string of the molecule is CC(C)=CCCC[C@H]1C(C)(C)[C@H](C(C)(C)O)C[C@]12C(O)=C(C(=O)CC(C)C)C(=O)CC2O. The van der Waals surface area contributed by atoms with Crippen LogP contribution < -0.4 is 0 Å². The largest absolute Gasteiger partial charge is 0.511 e. The highest BCUT2D eigenvalue weighted by Gasteiger charge is 2.66. The molecule has 4 atom stereocenters. The van der Waals surface area contributed by atoms with Crippen molar-refractivity contribution in [1.29, 1.82) is 0 Å². The number of hydrogen-bond acceptors (Lipinski definition) is 5. The summed E-state index contributed by atoms with van der Waals surface area (Å²) < 4.78 is 0. The first-order chi connectivity index (χ1) is 14.6. The van der Waals surface area contributed by atoms with Crippen LogP contribution in [0.25, 0.3) is 0 Å². The number of carbonyl (C=O) groups is 2. The Kier molecular flexibility index (Phi) is 7.89. The van der Waals surface area contributed by atoms with E-state index in [9.17, 15) is 24.9 Å². The van der Waals surface area contributed by atoms with E-state index in [0.717, 1.165) is 19.3 Å². The second-order valence-corrected chi connectivity index (χ2v) is 11.9. The quantitative estimate of drug-likeness (QED) is 0.266. The number of hydrogen-bond donors (Lipinski definition) is 3. The predicted octanol–water partition coefficient (Wildman–Crippen LogP) is 5.30. The Balaban J connectivity index is 2.64. The molecule has 0 amide bonds. The molecular formula is C27H44O5. The highest BCUT2D eigenvalue weighted by atomic mass is 16.3. The maximum atomic E-state index is 13.0. The lowest BCUT2D eigenvalue weighted by Crippen LogP contribution is -2.49. The van der Waals surface area contributed by atoms with Crippen LogP contribution in [-0.2, 0) is 9.59 Å². The Hall–Kier alpha value is -1.46. The molecule has 1 saturated carbocycles. The molecule has 32 heavy (non-hydrogen) atoms. The monoisotopic (exact) mass is 448 g/mol. The van der Waals surface area contributed by atoms with Crippen molar-refractivity contribution in [3.8, 4) is 0 Å². The molecule has 0 bridgehead atoms. The standard InChI is InChI=1S/C27H44O5/c1-16(2)11-9-10-12-20-25(5,6)21(26(7,8)32)15-27(20)22(30)14-19(29)23(24(27)31)18(28)13-17(3)4/h11,17,20-22,30-32H,9-10,12-15H2,1-8H3/t20-,21+,22?,27-/m0/s1. The third-order valence-corrected chi connectivity index (χ3v) is 7.86. The number of aliphatic hydroxyl groups excluding tert-OH is 2. The zero-order valence-electron chi connectivity index (χ0n) is 21.3. The normalized spacial score (nSPS) is 30.3. The van der Waals surface area contributed by atoms with Crippen molar-refractivity contribution < 1.29 is 24.9 Å². The molecule has 1 spiro atoms. The Labute approximate surface area is 194 Å². The van der Waals surface area contributed by atoms with Crippen LogP contribution in [0.1, 0.15) is 93.9 Å². The maximum Gasteiger partial charge on any atom is 0.172 e. The van der Waals surface area contributed by atoms with Crippen LogP contribution in [0.5, 0.6) is 0 Å². The van der Waals surface area contributed by atoms with Crippen molar-refractivity contribution in [2.75, 3.05) is 0 Å². The van der Waals surface area contributed by atoms with E-state index in [0.29, 0.717) is 6.42 Å². The topological polar surface area (TPSA) is 94.8 Å². The fourth-order valence-corrected chi connectivity index (χ4v) is 6.52. The second kappa shape index (κ2) is 9.42.